The Morgan fingerprint density at radius 1 is 1.37 bits per heavy atom. The molecule has 1 aromatic heterocycles. The number of amides is 1. The summed E-state index contributed by atoms with van der Waals surface area (Å²) in [4.78, 5) is 14.4. The number of halogens is 3. The van der Waals surface area contributed by atoms with E-state index in [2.05, 4.69) is 16.8 Å². The van der Waals surface area contributed by atoms with Crippen molar-refractivity contribution >= 4 is 12.6 Å². The van der Waals surface area contributed by atoms with Crippen LogP contribution in [0, 0.1) is 0 Å². The standard InChI is InChI=1S/C12H14F3N3O/c1-16-11(19)9-7-18(8-5-3-2-4-6-8)17-10(9)12(13,14)15/h7-8H,1-6H2. The summed E-state index contributed by atoms with van der Waals surface area (Å²) < 4.78 is 39.8. The molecular weight excluding hydrogens is 259 g/mol. The predicted octanol–water partition coefficient (Wildman–Crippen LogP) is 3.25. The summed E-state index contributed by atoms with van der Waals surface area (Å²) in [5.41, 5.74) is -1.69. The lowest BCUT2D eigenvalue weighted by Crippen LogP contribution is -2.15. The number of hydrogen-bond acceptors (Lipinski definition) is 2. The Balaban J connectivity index is 2.39. The first kappa shape index (κ1) is 13.8. The molecule has 1 heterocycles. The fourth-order valence-corrected chi connectivity index (χ4v) is 2.38. The zero-order chi connectivity index (χ0) is 14.0. The monoisotopic (exact) mass is 273 g/mol. The van der Waals surface area contributed by atoms with E-state index >= 15 is 0 Å². The zero-order valence-corrected chi connectivity index (χ0v) is 10.3. The lowest BCUT2D eigenvalue weighted by Gasteiger charge is -2.21. The lowest BCUT2D eigenvalue weighted by atomic mass is 9.96. The lowest BCUT2D eigenvalue weighted by molar-refractivity contribution is -0.141. The summed E-state index contributed by atoms with van der Waals surface area (Å²) >= 11 is 0. The first-order valence-corrected chi connectivity index (χ1v) is 6.11. The van der Waals surface area contributed by atoms with Gasteiger partial charge in [-0.05, 0) is 19.6 Å². The molecule has 1 fully saturated rings. The number of rotatable bonds is 2. The molecule has 2 rings (SSSR count). The van der Waals surface area contributed by atoms with E-state index in [1.54, 1.807) is 0 Å². The summed E-state index contributed by atoms with van der Waals surface area (Å²) in [5, 5.41) is 3.56. The maximum atomic E-state index is 12.8. The van der Waals surface area contributed by atoms with E-state index in [4.69, 9.17) is 0 Å². The topological polar surface area (TPSA) is 47.2 Å². The molecular formula is C12H14F3N3O. The highest BCUT2D eigenvalue weighted by molar-refractivity contribution is 5.97. The Morgan fingerprint density at radius 2 is 2.00 bits per heavy atom. The Hall–Kier alpha value is -1.66. The molecule has 1 amide bonds. The molecule has 0 aromatic carbocycles. The largest absolute Gasteiger partial charge is 0.435 e. The highest BCUT2D eigenvalue weighted by Gasteiger charge is 2.39. The van der Waals surface area contributed by atoms with Crippen molar-refractivity contribution < 1.29 is 18.0 Å². The second-order valence-electron chi connectivity index (χ2n) is 4.62. The molecule has 1 aromatic rings. The van der Waals surface area contributed by atoms with Crippen molar-refractivity contribution in [2.45, 2.75) is 44.3 Å². The molecule has 7 heteroatoms. The van der Waals surface area contributed by atoms with Gasteiger partial charge in [0.05, 0.1) is 11.6 Å². The average Bonchev–Trinajstić information content (AvgIpc) is 2.84. The second-order valence-corrected chi connectivity index (χ2v) is 4.62. The average molecular weight is 273 g/mol. The van der Waals surface area contributed by atoms with Crippen LogP contribution in [-0.2, 0) is 6.18 Å². The molecule has 1 aliphatic rings. The van der Waals surface area contributed by atoms with Crippen molar-refractivity contribution in [1.82, 2.24) is 9.78 Å². The van der Waals surface area contributed by atoms with Gasteiger partial charge in [0, 0.05) is 6.20 Å². The maximum absolute atomic E-state index is 12.8. The van der Waals surface area contributed by atoms with E-state index in [-0.39, 0.29) is 6.04 Å². The molecule has 0 atom stereocenters. The van der Waals surface area contributed by atoms with Crippen LogP contribution in [0.25, 0.3) is 0 Å². The van der Waals surface area contributed by atoms with Gasteiger partial charge in [-0.25, -0.2) is 4.99 Å². The predicted molar refractivity (Wildman–Crippen MR) is 63.2 cm³/mol. The number of aromatic nitrogens is 2. The minimum Gasteiger partial charge on any atom is -0.268 e. The van der Waals surface area contributed by atoms with Gasteiger partial charge in [0.25, 0.3) is 5.91 Å². The van der Waals surface area contributed by atoms with E-state index in [1.807, 2.05) is 0 Å². The molecule has 0 saturated heterocycles. The first-order chi connectivity index (χ1) is 8.93. The molecule has 0 unspecified atom stereocenters. The third-order valence-corrected chi connectivity index (χ3v) is 3.32. The molecule has 0 spiro atoms. The van der Waals surface area contributed by atoms with E-state index in [0.29, 0.717) is 0 Å². The number of nitrogens with zero attached hydrogens (tertiary/aromatic N) is 3. The Bertz CT molecular complexity index is 487. The van der Waals surface area contributed by atoms with Crippen molar-refractivity contribution in [3.8, 4) is 0 Å². The van der Waals surface area contributed by atoms with Crippen LogP contribution in [0.4, 0.5) is 13.2 Å². The van der Waals surface area contributed by atoms with E-state index < -0.39 is 23.3 Å². The minimum absolute atomic E-state index is 0.0683. The van der Waals surface area contributed by atoms with Crippen molar-refractivity contribution in [2.24, 2.45) is 4.99 Å². The van der Waals surface area contributed by atoms with Crippen LogP contribution in [-0.4, -0.2) is 22.4 Å². The van der Waals surface area contributed by atoms with Gasteiger partial charge in [0.2, 0.25) is 0 Å². The van der Waals surface area contributed by atoms with E-state index in [1.165, 1.54) is 4.68 Å². The van der Waals surface area contributed by atoms with Gasteiger partial charge < -0.3 is 0 Å². The van der Waals surface area contributed by atoms with Crippen molar-refractivity contribution in [3.63, 3.8) is 0 Å². The second kappa shape index (κ2) is 5.14. The van der Waals surface area contributed by atoms with Crippen LogP contribution in [0.1, 0.15) is 54.2 Å². The summed E-state index contributed by atoms with van der Waals surface area (Å²) in [6.07, 6.45) is 1.08. The van der Waals surface area contributed by atoms with Gasteiger partial charge in [-0.15, -0.1) is 0 Å². The molecule has 4 nitrogen and oxygen atoms in total. The van der Waals surface area contributed by atoms with Crippen molar-refractivity contribution in [1.29, 1.82) is 0 Å². The molecule has 19 heavy (non-hydrogen) atoms. The highest BCUT2D eigenvalue weighted by Crippen LogP contribution is 2.34. The fourth-order valence-electron chi connectivity index (χ4n) is 2.38. The van der Waals surface area contributed by atoms with Crippen LogP contribution in [0.2, 0.25) is 0 Å². The van der Waals surface area contributed by atoms with Gasteiger partial charge in [-0.2, -0.15) is 18.3 Å². The number of alkyl halides is 3. The number of aliphatic imine (C=N–C) groups is 1. The van der Waals surface area contributed by atoms with Gasteiger partial charge >= 0.3 is 6.18 Å². The van der Waals surface area contributed by atoms with Crippen LogP contribution in [0.5, 0.6) is 0 Å². The number of carbonyl (C=O) groups is 1. The summed E-state index contributed by atoms with van der Waals surface area (Å²) in [7, 11) is 0. The maximum Gasteiger partial charge on any atom is 0.435 e. The summed E-state index contributed by atoms with van der Waals surface area (Å²) in [5.74, 6) is -0.991. The molecule has 1 saturated carbocycles. The quantitative estimate of drug-likeness (QED) is 0.776. The highest BCUT2D eigenvalue weighted by atomic mass is 19.4. The van der Waals surface area contributed by atoms with Gasteiger partial charge in [0.1, 0.15) is 0 Å². The van der Waals surface area contributed by atoms with E-state index in [0.717, 1.165) is 38.3 Å². The van der Waals surface area contributed by atoms with E-state index in [9.17, 15) is 18.0 Å². The van der Waals surface area contributed by atoms with Crippen LogP contribution in [0.3, 0.4) is 0 Å². The first-order valence-electron chi connectivity index (χ1n) is 6.11. The van der Waals surface area contributed by atoms with Gasteiger partial charge in [-0.1, -0.05) is 19.3 Å². The Morgan fingerprint density at radius 3 is 2.53 bits per heavy atom. The minimum atomic E-state index is -4.66. The van der Waals surface area contributed by atoms with Gasteiger partial charge in [-0.3, -0.25) is 9.48 Å². The van der Waals surface area contributed by atoms with Crippen LogP contribution < -0.4 is 0 Å². The molecule has 0 N–H and O–H groups in total. The molecule has 0 aliphatic heterocycles. The van der Waals surface area contributed by atoms with Crippen molar-refractivity contribution in [3.05, 3.63) is 17.5 Å². The normalized spacial score (nSPS) is 17.4. The third-order valence-electron chi connectivity index (χ3n) is 3.32. The molecule has 0 bridgehead atoms. The fraction of sp³-hybridized carbons (Fsp3) is 0.583. The summed E-state index contributed by atoms with van der Waals surface area (Å²) in [6.45, 7) is 2.98. The number of hydrogen-bond donors (Lipinski definition) is 0. The Labute approximate surface area is 108 Å². The third kappa shape index (κ3) is 2.85. The summed E-state index contributed by atoms with van der Waals surface area (Å²) in [6, 6.07) is -0.0683. The van der Waals surface area contributed by atoms with Crippen LogP contribution in [0.15, 0.2) is 11.2 Å². The SMILES string of the molecule is C=NC(=O)c1cn(C2CCCCC2)nc1C(F)(F)F. The molecule has 1 aliphatic carbocycles. The smallest absolute Gasteiger partial charge is 0.268 e. The Kier molecular flexibility index (Phi) is 3.73. The molecule has 0 radical (unpaired) electrons. The number of carbonyl (C=O) groups excluding carboxylic acids is 1. The molecule has 104 valence electrons. The van der Waals surface area contributed by atoms with Gasteiger partial charge in [0.15, 0.2) is 5.69 Å². The van der Waals surface area contributed by atoms with Crippen molar-refractivity contribution in [2.75, 3.05) is 0 Å². The van der Waals surface area contributed by atoms with Crippen LogP contribution >= 0.6 is 0 Å². The zero-order valence-electron chi connectivity index (χ0n) is 10.3.